The van der Waals surface area contributed by atoms with Gasteiger partial charge in [0.05, 0.1) is 11.7 Å². The fourth-order valence-electron chi connectivity index (χ4n) is 3.49. The van der Waals surface area contributed by atoms with Crippen LogP contribution in [0.15, 0.2) is 0 Å². The van der Waals surface area contributed by atoms with Crippen LogP contribution in [0.3, 0.4) is 0 Å². The quantitative estimate of drug-likeness (QED) is 0.783. The summed E-state index contributed by atoms with van der Waals surface area (Å²) in [7, 11) is 0. The van der Waals surface area contributed by atoms with Gasteiger partial charge in [-0.3, -0.25) is 0 Å². The van der Waals surface area contributed by atoms with Gasteiger partial charge in [-0.1, -0.05) is 13.8 Å². The molecule has 0 aromatic heterocycles. The van der Waals surface area contributed by atoms with Crippen molar-refractivity contribution in [2.45, 2.75) is 70.5 Å². The van der Waals surface area contributed by atoms with E-state index in [2.05, 4.69) is 13.8 Å². The SMILES string of the molecule is CC(C)C1CCC2(CCCC(CN)O2)CC1. The van der Waals surface area contributed by atoms with Gasteiger partial charge in [-0.25, -0.2) is 0 Å². The van der Waals surface area contributed by atoms with Crippen molar-refractivity contribution in [3.05, 3.63) is 0 Å². The Morgan fingerprint density at radius 1 is 1.19 bits per heavy atom. The van der Waals surface area contributed by atoms with Gasteiger partial charge in [0.25, 0.3) is 0 Å². The minimum Gasteiger partial charge on any atom is -0.370 e. The smallest absolute Gasteiger partial charge is 0.0704 e. The lowest BCUT2D eigenvalue weighted by Gasteiger charge is -2.46. The maximum absolute atomic E-state index is 6.27. The van der Waals surface area contributed by atoms with E-state index in [0.29, 0.717) is 12.6 Å². The molecule has 0 bridgehead atoms. The molecule has 1 heterocycles. The molecule has 16 heavy (non-hydrogen) atoms. The van der Waals surface area contributed by atoms with Gasteiger partial charge in [0, 0.05) is 6.54 Å². The number of rotatable bonds is 2. The van der Waals surface area contributed by atoms with Crippen molar-refractivity contribution in [1.29, 1.82) is 0 Å². The van der Waals surface area contributed by atoms with Crippen LogP contribution in [0.5, 0.6) is 0 Å². The van der Waals surface area contributed by atoms with Crippen LogP contribution < -0.4 is 5.73 Å². The van der Waals surface area contributed by atoms with Crippen LogP contribution in [-0.4, -0.2) is 18.2 Å². The summed E-state index contributed by atoms with van der Waals surface area (Å²) in [5, 5.41) is 0. The average Bonchev–Trinajstić information content (AvgIpc) is 2.29. The highest BCUT2D eigenvalue weighted by molar-refractivity contribution is 4.91. The van der Waals surface area contributed by atoms with Gasteiger partial charge in [-0.05, 0) is 56.8 Å². The molecule has 1 spiro atoms. The van der Waals surface area contributed by atoms with E-state index < -0.39 is 0 Å². The van der Waals surface area contributed by atoms with Gasteiger partial charge >= 0.3 is 0 Å². The molecule has 1 saturated heterocycles. The molecule has 2 heteroatoms. The zero-order chi connectivity index (χ0) is 11.6. The minimum absolute atomic E-state index is 0.216. The summed E-state index contributed by atoms with van der Waals surface area (Å²) in [6.07, 6.45) is 9.35. The third-order valence-corrected chi connectivity index (χ3v) is 4.72. The van der Waals surface area contributed by atoms with Crippen LogP contribution in [0, 0.1) is 11.8 Å². The Balaban J connectivity index is 1.90. The van der Waals surface area contributed by atoms with Crippen molar-refractivity contribution in [3.8, 4) is 0 Å². The van der Waals surface area contributed by atoms with E-state index >= 15 is 0 Å². The van der Waals surface area contributed by atoms with Gasteiger partial charge in [-0.2, -0.15) is 0 Å². The molecular weight excluding hydrogens is 198 g/mol. The van der Waals surface area contributed by atoms with Gasteiger partial charge < -0.3 is 10.5 Å². The molecule has 1 aliphatic heterocycles. The highest BCUT2D eigenvalue weighted by Crippen LogP contribution is 2.43. The topological polar surface area (TPSA) is 35.2 Å². The Labute approximate surface area is 99.9 Å². The zero-order valence-corrected chi connectivity index (χ0v) is 10.9. The van der Waals surface area contributed by atoms with Gasteiger partial charge in [0.15, 0.2) is 0 Å². The highest BCUT2D eigenvalue weighted by atomic mass is 16.5. The normalized spacial score (nSPS) is 40.5. The Bertz CT molecular complexity index is 219. The molecule has 0 aromatic carbocycles. The summed E-state index contributed by atoms with van der Waals surface area (Å²) < 4.78 is 6.27. The second-order valence-electron chi connectivity index (χ2n) is 6.13. The summed E-state index contributed by atoms with van der Waals surface area (Å²) in [4.78, 5) is 0. The predicted molar refractivity (Wildman–Crippen MR) is 67.3 cm³/mol. The fourth-order valence-corrected chi connectivity index (χ4v) is 3.49. The number of hydrogen-bond acceptors (Lipinski definition) is 2. The molecule has 2 fully saturated rings. The lowest BCUT2D eigenvalue weighted by Crippen LogP contribution is -2.46. The van der Waals surface area contributed by atoms with E-state index in [1.54, 1.807) is 0 Å². The van der Waals surface area contributed by atoms with Crippen molar-refractivity contribution in [3.63, 3.8) is 0 Å². The third kappa shape index (κ3) is 2.60. The largest absolute Gasteiger partial charge is 0.370 e. The molecule has 94 valence electrons. The number of nitrogens with two attached hydrogens (primary N) is 1. The molecule has 1 aliphatic carbocycles. The first-order chi connectivity index (χ1) is 7.65. The standard InChI is InChI=1S/C14H27NO/c1-11(2)12-5-8-14(9-6-12)7-3-4-13(10-15)16-14/h11-13H,3-10,15H2,1-2H3. The summed E-state index contributed by atoms with van der Waals surface area (Å²) in [5.74, 6) is 1.76. The number of ether oxygens (including phenoxy) is 1. The van der Waals surface area contributed by atoms with Crippen LogP contribution in [0.4, 0.5) is 0 Å². The Kier molecular flexibility index (Phi) is 3.91. The van der Waals surface area contributed by atoms with E-state index in [1.165, 1.54) is 44.9 Å². The maximum atomic E-state index is 6.27. The van der Waals surface area contributed by atoms with E-state index in [-0.39, 0.29) is 5.60 Å². The lowest BCUT2D eigenvalue weighted by atomic mass is 9.71. The monoisotopic (exact) mass is 225 g/mol. The second kappa shape index (κ2) is 5.05. The summed E-state index contributed by atoms with van der Waals surface area (Å²) in [6, 6.07) is 0. The third-order valence-electron chi connectivity index (χ3n) is 4.72. The van der Waals surface area contributed by atoms with Gasteiger partial charge in [0.2, 0.25) is 0 Å². The summed E-state index contributed by atoms with van der Waals surface area (Å²) >= 11 is 0. The zero-order valence-electron chi connectivity index (χ0n) is 10.9. The molecule has 2 rings (SSSR count). The second-order valence-corrected chi connectivity index (χ2v) is 6.13. The van der Waals surface area contributed by atoms with Crippen LogP contribution in [0.25, 0.3) is 0 Å². The number of hydrogen-bond donors (Lipinski definition) is 1. The molecule has 2 N–H and O–H groups in total. The molecule has 0 amide bonds. The van der Waals surface area contributed by atoms with E-state index in [4.69, 9.17) is 10.5 Å². The molecule has 0 aromatic rings. The molecule has 1 unspecified atom stereocenters. The van der Waals surface area contributed by atoms with E-state index in [1.807, 2.05) is 0 Å². The highest BCUT2D eigenvalue weighted by Gasteiger charge is 2.40. The van der Waals surface area contributed by atoms with Crippen molar-refractivity contribution in [2.75, 3.05) is 6.54 Å². The first-order valence-electron chi connectivity index (χ1n) is 7.03. The Hall–Kier alpha value is -0.0800. The summed E-state index contributed by atoms with van der Waals surface area (Å²) in [6.45, 7) is 5.41. The van der Waals surface area contributed by atoms with Crippen LogP contribution in [0.1, 0.15) is 58.8 Å². The van der Waals surface area contributed by atoms with Crippen LogP contribution in [0.2, 0.25) is 0 Å². The first-order valence-corrected chi connectivity index (χ1v) is 7.03. The fraction of sp³-hybridized carbons (Fsp3) is 1.00. The Morgan fingerprint density at radius 3 is 2.44 bits per heavy atom. The molecule has 1 atom stereocenters. The van der Waals surface area contributed by atoms with E-state index in [0.717, 1.165) is 11.8 Å². The minimum atomic E-state index is 0.216. The van der Waals surface area contributed by atoms with Crippen molar-refractivity contribution in [2.24, 2.45) is 17.6 Å². The van der Waals surface area contributed by atoms with E-state index in [9.17, 15) is 0 Å². The average molecular weight is 225 g/mol. The lowest BCUT2D eigenvalue weighted by molar-refractivity contribution is -0.148. The van der Waals surface area contributed by atoms with Crippen molar-refractivity contribution in [1.82, 2.24) is 0 Å². The predicted octanol–water partition coefficient (Wildman–Crippen LogP) is 3.10. The molecule has 0 radical (unpaired) electrons. The van der Waals surface area contributed by atoms with Crippen LogP contribution in [-0.2, 0) is 4.74 Å². The molecule has 2 aliphatic rings. The Morgan fingerprint density at radius 2 is 1.88 bits per heavy atom. The molecule has 1 saturated carbocycles. The first kappa shape index (κ1) is 12.4. The van der Waals surface area contributed by atoms with Crippen molar-refractivity contribution >= 4 is 0 Å². The molecular formula is C14H27NO. The summed E-state index contributed by atoms with van der Waals surface area (Å²) in [5.41, 5.74) is 5.96. The van der Waals surface area contributed by atoms with Gasteiger partial charge in [-0.15, -0.1) is 0 Å². The maximum Gasteiger partial charge on any atom is 0.0704 e. The van der Waals surface area contributed by atoms with Crippen LogP contribution >= 0.6 is 0 Å². The molecule has 2 nitrogen and oxygen atoms in total. The van der Waals surface area contributed by atoms with Crippen molar-refractivity contribution < 1.29 is 4.74 Å². The van der Waals surface area contributed by atoms with Gasteiger partial charge in [0.1, 0.15) is 0 Å².